The van der Waals surface area contributed by atoms with Crippen molar-refractivity contribution in [3.63, 3.8) is 0 Å². The van der Waals surface area contributed by atoms with Gasteiger partial charge in [0, 0.05) is 28.4 Å². The van der Waals surface area contributed by atoms with Gasteiger partial charge in [0.25, 0.3) is 5.91 Å². The van der Waals surface area contributed by atoms with E-state index in [0.29, 0.717) is 21.8 Å². The molecule has 0 bridgehead atoms. The van der Waals surface area contributed by atoms with E-state index in [0.717, 1.165) is 29.7 Å². The molecule has 1 N–H and O–H groups in total. The molecule has 3 rings (SSSR count). The number of nitriles is 1. The van der Waals surface area contributed by atoms with E-state index in [-0.39, 0.29) is 17.4 Å². The molecule has 1 aliphatic rings. The number of likely N-dealkylation sites (N-methyl/N-ethyl adjacent to an activating group) is 1. The number of hydrogen-bond acceptors (Lipinski definition) is 3. The van der Waals surface area contributed by atoms with Gasteiger partial charge in [0.1, 0.15) is 0 Å². The Morgan fingerprint density at radius 2 is 2.00 bits per heavy atom. The van der Waals surface area contributed by atoms with Crippen molar-refractivity contribution in [2.24, 2.45) is 0 Å². The summed E-state index contributed by atoms with van der Waals surface area (Å²) >= 11 is 6.54. The largest absolute Gasteiger partial charge is 0.322 e. The van der Waals surface area contributed by atoms with Crippen molar-refractivity contribution in [3.05, 3.63) is 63.2 Å². The molecular weight excluding hydrogens is 370 g/mol. The Hall–Kier alpha value is -2.35. The molecule has 0 saturated heterocycles. The van der Waals surface area contributed by atoms with Crippen LogP contribution in [0.5, 0.6) is 0 Å². The summed E-state index contributed by atoms with van der Waals surface area (Å²) in [5.74, 6) is -0.0183. The number of benzene rings is 2. The number of carbonyl (C=O) groups is 1. The summed E-state index contributed by atoms with van der Waals surface area (Å²) in [5.41, 5.74) is 4.74. The quantitative estimate of drug-likeness (QED) is 0.766. The maximum Gasteiger partial charge on any atom is 0.255 e. The van der Waals surface area contributed by atoms with Gasteiger partial charge in [-0.05, 0) is 74.2 Å². The van der Waals surface area contributed by atoms with E-state index in [1.165, 1.54) is 0 Å². The van der Waals surface area contributed by atoms with Crippen LogP contribution in [0, 0.1) is 11.3 Å². The lowest BCUT2D eigenvalue weighted by atomic mass is 9.83. The molecule has 0 radical (unpaired) electrons. The van der Waals surface area contributed by atoms with E-state index in [4.69, 9.17) is 11.6 Å². The highest BCUT2D eigenvalue weighted by atomic mass is 35.5. The number of nitrogens with zero attached hydrogens (tertiary/aromatic N) is 2. The zero-order chi connectivity index (χ0) is 20.6. The number of amides is 1. The van der Waals surface area contributed by atoms with Crippen molar-refractivity contribution in [2.45, 2.75) is 45.6 Å². The molecule has 0 spiro atoms. The molecule has 146 valence electrons. The standard InChI is InChI=1S/C23H26ClN3O/c1-14(2)18-7-6-15(10-16(18)13-25)22(28)26-17-11-20-19(21(24)12-17)8-9-27(5)23(20,3)4/h6-7,10-12,14H,8-9H2,1-5H3,(H,26,28). The predicted octanol–water partition coefficient (Wildman–Crippen LogP) is 5.31. The number of hydrogen-bond donors (Lipinski definition) is 1. The van der Waals surface area contributed by atoms with Crippen LogP contribution in [0.2, 0.25) is 5.02 Å². The summed E-state index contributed by atoms with van der Waals surface area (Å²) < 4.78 is 0. The van der Waals surface area contributed by atoms with Gasteiger partial charge in [0.2, 0.25) is 0 Å². The van der Waals surface area contributed by atoms with E-state index >= 15 is 0 Å². The van der Waals surface area contributed by atoms with Crippen LogP contribution in [0.15, 0.2) is 30.3 Å². The molecule has 4 nitrogen and oxygen atoms in total. The average Bonchev–Trinajstić information content (AvgIpc) is 2.64. The first kappa shape index (κ1) is 20.4. The summed E-state index contributed by atoms with van der Waals surface area (Å²) in [6.45, 7) is 9.34. The molecule has 5 heteroatoms. The lowest BCUT2D eigenvalue weighted by Gasteiger charge is -2.42. The first-order chi connectivity index (χ1) is 13.1. The molecule has 2 aromatic carbocycles. The Kier molecular flexibility index (Phi) is 5.52. The van der Waals surface area contributed by atoms with Gasteiger partial charge >= 0.3 is 0 Å². The van der Waals surface area contributed by atoms with Crippen LogP contribution >= 0.6 is 11.6 Å². The SMILES string of the molecule is CC(C)c1ccc(C(=O)Nc2cc(Cl)c3c(c2)C(C)(C)N(C)CC3)cc1C#N. The molecule has 0 fully saturated rings. The van der Waals surface area contributed by atoms with Crippen molar-refractivity contribution >= 4 is 23.2 Å². The number of nitrogens with one attached hydrogen (secondary N) is 1. The van der Waals surface area contributed by atoms with Gasteiger partial charge < -0.3 is 5.32 Å². The summed E-state index contributed by atoms with van der Waals surface area (Å²) in [4.78, 5) is 15.1. The number of halogens is 1. The minimum Gasteiger partial charge on any atom is -0.322 e. The monoisotopic (exact) mass is 395 g/mol. The fourth-order valence-corrected chi connectivity index (χ4v) is 4.09. The topological polar surface area (TPSA) is 56.1 Å². The van der Waals surface area contributed by atoms with Crippen LogP contribution in [-0.2, 0) is 12.0 Å². The third-order valence-electron chi connectivity index (χ3n) is 5.82. The van der Waals surface area contributed by atoms with Gasteiger partial charge in [-0.3, -0.25) is 9.69 Å². The Morgan fingerprint density at radius 3 is 2.64 bits per heavy atom. The molecular formula is C23H26ClN3O. The van der Waals surface area contributed by atoms with Crippen molar-refractivity contribution in [3.8, 4) is 6.07 Å². The van der Waals surface area contributed by atoms with Gasteiger partial charge in [-0.2, -0.15) is 5.26 Å². The molecule has 0 unspecified atom stereocenters. The molecule has 1 heterocycles. The average molecular weight is 396 g/mol. The van der Waals surface area contributed by atoms with Crippen molar-refractivity contribution < 1.29 is 4.79 Å². The molecule has 1 aliphatic heterocycles. The molecule has 0 aliphatic carbocycles. The Morgan fingerprint density at radius 1 is 1.29 bits per heavy atom. The first-order valence-corrected chi connectivity index (χ1v) is 9.92. The molecule has 0 aromatic heterocycles. The van der Waals surface area contributed by atoms with Crippen LogP contribution in [-0.4, -0.2) is 24.4 Å². The number of carbonyl (C=O) groups excluding carboxylic acids is 1. The minimum absolute atomic E-state index is 0.162. The predicted molar refractivity (Wildman–Crippen MR) is 114 cm³/mol. The summed E-state index contributed by atoms with van der Waals surface area (Å²) in [6, 6.07) is 11.3. The zero-order valence-corrected chi connectivity index (χ0v) is 17.8. The van der Waals surface area contributed by atoms with Crippen LogP contribution in [0.3, 0.4) is 0 Å². The highest BCUT2D eigenvalue weighted by Gasteiger charge is 2.33. The van der Waals surface area contributed by atoms with Gasteiger partial charge in [-0.1, -0.05) is 31.5 Å². The molecule has 28 heavy (non-hydrogen) atoms. The van der Waals surface area contributed by atoms with E-state index in [2.05, 4.69) is 37.2 Å². The fraction of sp³-hybridized carbons (Fsp3) is 0.391. The van der Waals surface area contributed by atoms with E-state index in [1.54, 1.807) is 12.1 Å². The second-order valence-corrected chi connectivity index (χ2v) is 8.64. The number of fused-ring (bicyclic) bond motifs is 1. The van der Waals surface area contributed by atoms with Gasteiger partial charge in [0.05, 0.1) is 11.6 Å². The maximum absolute atomic E-state index is 12.8. The third-order valence-corrected chi connectivity index (χ3v) is 6.16. The normalized spacial score (nSPS) is 15.8. The molecule has 2 aromatic rings. The Balaban J connectivity index is 1.93. The van der Waals surface area contributed by atoms with Crippen molar-refractivity contribution in [1.29, 1.82) is 5.26 Å². The summed E-state index contributed by atoms with van der Waals surface area (Å²) in [7, 11) is 2.10. The Bertz CT molecular complexity index is 973. The smallest absolute Gasteiger partial charge is 0.255 e. The molecule has 0 saturated carbocycles. The molecule has 1 amide bonds. The Labute approximate surface area is 172 Å². The highest BCUT2D eigenvalue weighted by Crippen LogP contribution is 2.39. The van der Waals surface area contributed by atoms with E-state index < -0.39 is 0 Å². The lowest BCUT2D eigenvalue weighted by Crippen LogP contribution is -2.44. The second kappa shape index (κ2) is 7.58. The second-order valence-electron chi connectivity index (χ2n) is 8.24. The summed E-state index contributed by atoms with van der Waals surface area (Å²) in [6.07, 6.45) is 0.893. The van der Waals surface area contributed by atoms with Crippen LogP contribution in [0.1, 0.15) is 66.2 Å². The van der Waals surface area contributed by atoms with Crippen LogP contribution in [0.4, 0.5) is 5.69 Å². The minimum atomic E-state index is -0.246. The third kappa shape index (κ3) is 3.65. The van der Waals surface area contributed by atoms with Gasteiger partial charge in [0.15, 0.2) is 0 Å². The van der Waals surface area contributed by atoms with Gasteiger partial charge in [-0.15, -0.1) is 0 Å². The maximum atomic E-state index is 12.8. The van der Waals surface area contributed by atoms with Crippen LogP contribution in [0.25, 0.3) is 0 Å². The highest BCUT2D eigenvalue weighted by molar-refractivity contribution is 6.32. The van der Waals surface area contributed by atoms with E-state index in [9.17, 15) is 10.1 Å². The van der Waals surface area contributed by atoms with Crippen molar-refractivity contribution in [2.75, 3.05) is 18.9 Å². The number of rotatable bonds is 3. The summed E-state index contributed by atoms with van der Waals surface area (Å²) in [5, 5.41) is 13.0. The van der Waals surface area contributed by atoms with Crippen molar-refractivity contribution in [1.82, 2.24) is 4.90 Å². The zero-order valence-electron chi connectivity index (χ0n) is 17.1. The lowest BCUT2D eigenvalue weighted by molar-refractivity contribution is 0.102. The van der Waals surface area contributed by atoms with Gasteiger partial charge in [-0.25, -0.2) is 0 Å². The number of anilines is 1. The van der Waals surface area contributed by atoms with Crippen LogP contribution < -0.4 is 5.32 Å². The molecule has 0 atom stereocenters. The van der Waals surface area contributed by atoms with E-state index in [1.807, 2.05) is 32.0 Å². The first-order valence-electron chi connectivity index (χ1n) is 9.54. The fourth-order valence-electron chi connectivity index (χ4n) is 3.77.